The summed E-state index contributed by atoms with van der Waals surface area (Å²) in [5.41, 5.74) is -1.70. The second kappa shape index (κ2) is 4.14. The van der Waals surface area contributed by atoms with E-state index >= 15 is 0 Å². The van der Waals surface area contributed by atoms with E-state index < -0.39 is 17.2 Å². The molecule has 0 rings (SSSR count). The molecule has 0 aliphatic heterocycles. The molecular formula is C9H19NO4. The molecule has 84 valence electrons. The minimum atomic E-state index is -1.04. The largest absolute Gasteiger partial charge is 0.442 e. The fourth-order valence-corrected chi connectivity index (χ4v) is 0.619. The first-order valence-corrected chi connectivity index (χ1v) is 4.43. The maximum absolute atomic E-state index is 11.3. The van der Waals surface area contributed by atoms with Crippen LogP contribution >= 0.6 is 0 Å². The van der Waals surface area contributed by atoms with Gasteiger partial charge in [0, 0.05) is 0 Å². The Kier molecular flexibility index (Phi) is 3.91. The van der Waals surface area contributed by atoms with Crippen molar-refractivity contribution in [2.24, 2.45) is 0 Å². The zero-order chi connectivity index (χ0) is 11.6. The number of rotatable bonds is 2. The third-order valence-corrected chi connectivity index (χ3v) is 1.53. The second-order valence-corrected chi connectivity index (χ2v) is 4.76. The number of nitrogens with zero attached hydrogens (tertiary/aromatic N) is 1. The Balaban J connectivity index is 4.41. The maximum Gasteiger partial charge on any atom is 0.434 e. The minimum absolute atomic E-state index is 0.345. The number of amides is 1. The van der Waals surface area contributed by atoms with Gasteiger partial charge in [-0.1, -0.05) is 0 Å². The fraction of sp³-hybridized carbons (Fsp3) is 0.889. The molecule has 0 saturated carbocycles. The highest BCUT2D eigenvalue weighted by molar-refractivity contribution is 5.67. The molecule has 0 aliphatic rings. The van der Waals surface area contributed by atoms with E-state index in [0.29, 0.717) is 5.06 Å². The Morgan fingerprint density at radius 2 is 1.71 bits per heavy atom. The predicted molar refractivity (Wildman–Crippen MR) is 51.0 cm³/mol. The quantitative estimate of drug-likeness (QED) is 0.528. The van der Waals surface area contributed by atoms with Crippen LogP contribution in [0, 0.1) is 0 Å². The number of aliphatic hydroxyl groups excluding tert-OH is 1. The second-order valence-electron chi connectivity index (χ2n) is 4.76. The van der Waals surface area contributed by atoms with E-state index in [-0.39, 0.29) is 6.61 Å². The van der Waals surface area contributed by atoms with Crippen molar-refractivity contribution in [2.75, 3.05) is 6.61 Å². The number of carbonyl (C=O) groups is 1. The van der Waals surface area contributed by atoms with Crippen LogP contribution in [-0.2, 0) is 4.74 Å². The van der Waals surface area contributed by atoms with Crippen LogP contribution in [0.3, 0.4) is 0 Å². The van der Waals surface area contributed by atoms with Gasteiger partial charge in [0.25, 0.3) is 0 Å². The molecule has 0 aromatic rings. The van der Waals surface area contributed by atoms with Gasteiger partial charge in [0.1, 0.15) is 5.60 Å². The van der Waals surface area contributed by atoms with Crippen molar-refractivity contribution in [1.29, 1.82) is 0 Å². The molecule has 0 heterocycles. The van der Waals surface area contributed by atoms with Crippen LogP contribution in [0.2, 0.25) is 0 Å². The van der Waals surface area contributed by atoms with Gasteiger partial charge in [-0.05, 0) is 34.6 Å². The van der Waals surface area contributed by atoms with E-state index in [1.54, 1.807) is 20.8 Å². The molecule has 0 aromatic heterocycles. The Bertz CT molecular complexity index is 207. The van der Waals surface area contributed by atoms with Crippen LogP contribution in [0.25, 0.3) is 0 Å². The maximum atomic E-state index is 11.3. The molecule has 0 fully saturated rings. The third-order valence-electron chi connectivity index (χ3n) is 1.53. The monoisotopic (exact) mass is 205 g/mol. The van der Waals surface area contributed by atoms with Gasteiger partial charge < -0.3 is 9.84 Å². The number of carbonyl (C=O) groups excluding carboxylic acids is 1. The highest BCUT2D eigenvalue weighted by Gasteiger charge is 2.32. The van der Waals surface area contributed by atoms with E-state index in [1.165, 1.54) is 13.8 Å². The van der Waals surface area contributed by atoms with Crippen molar-refractivity contribution in [1.82, 2.24) is 5.06 Å². The summed E-state index contributed by atoms with van der Waals surface area (Å²) in [5.74, 6) is 0. The molecule has 1 amide bonds. The van der Waals surface area contributed by atoms with Crippen LogP contribution in [0.1, 0.15) is 34.6 Å². The molecule has 0 spiro atoms. The SMILES string of the molecule is CC(C)(C)OC(=O)N(O)C(C)(C)CO. The summed E-state index contributed by atoms with van der Waals surface area (Å²) < 4.78 is 4.91. The average molecular weight is 205 g/mol. The Hall–Kier alpha value is -0.810. The van der Waals surface area contributed by atoms with Crippen molar-refractivity contribution >= 4 is 6.09 Å². The number of hydrogen-bond acceptors (Lipinski definition) is 4. The van der Waals surface area contributed by atoms with Crippen molar-refractivity contribution < 1.29 is 19.8 Å². The molecule has 0 unspecified atom stereocenters. The number of ether oxygens (including phenoxy) is 1. The zero-order valence-electron chi connectivity index (χ0n) is 9.37. The first-order chi connectivity index (χ1) is 6.10. The molecule has 0 saturated heterocycles. The lowest BCUT2D eigenvalue weighted by atomic mass is 10.1. The van der Waals surface area contributed by atoms with Gasteiger partial charge in [0.05, 0.1) is 12.1 Å². The van der Waals surface area contributed by atoms with Crippen molar-refractivity contribution in [3.63, 3.8) is 0 Å². The summed E-state index contributed by atoms with van der Waals surface area (Å²) in [5, 5.41) is 18.7. The standard InChI is InChI=1S/C9H19NO4/c1-8(2,3)14-7(12)10(13)9(4,5)6-11/h11,13H,6H2,1-5H3. The Morgan fingerprint density at radius 1 is 1.29 bits per heavy atom. The molecular weight excluding hydrogens is 186 g/mol. The van der Waals surface area contributed by atoms with Crippen molar-refractivity contribution in [3.8, 4) is 0 Å². The van der Waals surface area contributed by atoms with Gasteiger partial charge in [-0.3, -0.25) is 5.21 Å². The van der Waals surface area contributed by atoms with E-state index in [2.05, 4.69) is 0 Å². The van der Waals surface area contributed by atoms with E-state index in [1.807, 2.05) is 0 Å². The summed E-state index contributed by atoms with van der Waals surface area (Å²) in [6, 6.07) is 0. The lowest BCUT2D eigenvalue weighted by Crippen LogP contribution is -2.49. The van der Waals surface area contributed by atoms with Gasteiger partial charge >= 0.3 is 6.09 Å². The molecule has 0 atom stereocenters. The molecule has 2 N–H and O–H groups in total. The van der Waals surface area contributed by atoms with E-state index in [4.69, 9.17) is 9.84 Å². The number of hydroxylamine groups is 2. The lowest BCUT2D eigenvalue weighted by molar-refractivity contribution is -0.158. The Morgan fingerprint density at radius 3 is 2.00 bits per heavy atom. The molecule has 0 radical (unpaired) electrons. The van der Waals surface area contributed by atoms with Crippen molar-refractivity contribution in [3.05, 3.63) is 0 Å². The van der Waals surface area contributed by atoms with E-state index in [9.17, 15) is 10.0 Å². The molecule has 5 heteroatoms. The van der Waals surface area contributed by atoms with Crippen LogP contribution in [0.4, 0.5) is 4.79 Å². The third kappa shape index (κ3) is 3.93. The average Bonchev–Trinajstić information content (AvgIpc) is 2.00. The van der Waals surface area contributed by atoms with Gasteiger partial charge in [-0.25, -0.2) is 4.79 Å². The van der Waals surface area contributed by atoms with Gasteiger partial charge in [-0.15, -0.1) is 0 Å². The van der Waals surface area contributed by atoms with Gasteiger partial charge in [-0.2, -0.15) is 5.06 Å². The summed E-state index contributed by atoms with van der Waals surface area (Å²) in [7, 11) is 0. The molecule has 14 heavy (non-hydrogen) atoms. The smallest absolute Gasteiger partial charge is 0.434 e. The van der Waals surface area contributed by atoms with Crippen LogP contribution < -0.4 is 0 Å². The van der Waals surface area contributed by atoms with Gasteiger partial charge in [0.2, 0.25) is 0 Å². The lowest BCUT2D eigenvalue weighted by Gasteiger charge is -2.32. The predicted octanol–water partition coefficient (Wildman–Crippen LogP) is 1.38. The first-order valence-electron chi connectivity index (χ1n) is 4.43. The highest BCUT2D eigenvalue weighted by Crippen LogP contribution is 2.15. The van der Waals surface area contributed by atoms with E-state index in [0.717, 1.165) is 0 Å². The summed E-state index contributed by atoms with van der Waals surface area (Å²) >= 11 is 0. The summed E-state index contributed by atoms with van der Waals surface area (Å²) in [4.78, 5) is 11.3. The Labute approximate surface area is 84.2 Å². The normalized spacial score (nSPS) is 12.5. The highest BCUT2D eigenvalue weighted by atomic mass is 16.6. The number of aliphatic hydroxyl groups is 1. The first kappa shape index (κ1) is 13.2. The molecule has 0 aromatic carbocycles. The minimum Gasteiger partial charge on any atom is -0.442 e. The zero-order valence-corrected chi connectivity index (χ0v) is 9.37. The topological polar surface area (TPSA) is 70.0 Å². The number of hydrogen-bond donors (Lipinski definition) is 2. The summed E-state index contributed by atoms with van der Waals surface area (Å²) in [6.07, 6.45) is -0.864. The van der Waals surface area contributed by atoms with Crippen LogP contribution in [-0.4, -0.2) is 39.2 Å². The fourth-order valence-electron chi connectivity index (χ4n) is 0.619. The van der Waals surface area contributed by atoms with Crippen molar-refractivity contribution in [2.45, 2.75) is 45.8 Å². The van der Waals surface area contributed by atoms with Crippen LogP contribution in [0.15, 0.2) is 0 Å². The molecule has 0 aliphatic carbocycles. The molecule has 5 nitrogen and oxygen atoms in total. The van der Waals surface area contributed by atoms with Gasteiger partial charge in [0.15, 0.2) is 0 Å². The molecule has 0 bridgehead atoms. The summed E-state index contributed by atoms with van der Waals surface area (Å²) in [6.45, 7) is 7.80. The van der Waals surface area contributed by atoms with Crippen LogP contribution in [0.5, 0.6) is 0 Å².